The first-order valence-electron chi connectivity index (χ1n) is 11.7. The number of amides is 1. The second kappa shape index (κ2) is 9.68. The molecule has 0 aliphatic carbocycles. The largest absolute Gasteiger partial charge is 0.508 e. The number of nitrogens with zero attached hydrogens (tertiary/aromatic N) is 3. The molecule has 2 fully saturated rings. The van der Waals surface area contributed by atoms with Crippen LogP contribution in [0.15, 0.2) is 78.4 Å². The molecule has 1 amide bonds. The summed E-state index contributed by atoms with van der Waals surface area (Å²) in [6.07, 6.45) is 0. The average Bonchev–Trinajstić information content (AvgIpc) is 3.15. The number of piperazine rings is 1. The number of rotatable bonds is 4. The molecule has 7 nitrogen and oxygen atoms in total. The molecule has 0 radical (unpaired) electrons. The molecule has 2 aliphatic heterocycles. The van der Waals surface area contributed by atoms with Gasteiger partial charge in [0.1, 0.15) is 11.5 Å². The van der Waals surface area contributed by atoms with Gasteiger partial charge >= 0.3 is 0 Å². The number of anilines is 2. The van der Waals surface area contributed by atoms with Crippen molar-refractivity contribution in [2.45, 2.75) is 6.04 Å². The topological polar surface area (TPSA) is 84.3 Å². The molecule has 8 heteroatoms. The first-order valence-corrected chi connectivity index (χ1v) is 12.1. The zero-order valence-electron chi connectivity index (χ0n) is 19.8. The third-order valence-electron chi connectivity index (χ3n) is 6.77. The lowest BCUT2D eigenvalue weighted by atomic mass is 9.95. The summed E-state index contributed by atoms with van der Waals surface area (Å²) in [4.78, 5) is 32.6. The van der Waals surface area contributed by atoms with Gasteiger partial charge in [0.15, 0.2) is 0 Å². The number of phenolic OH excluding ortho intramolecular Hbond substituents is 1. The summed E-state index contributed by atoms with van der Waals surface area (Å²) in [7, 11) is 2.10. The zero-order valence-corrected chi connectivity index (χ0v) is 20.5. The van der Waals surface area contributed by atoms with Crippen LogP contribution in [-0.2, 0) is 9.59 Å². The molecule has 3 aromatic rings. The number of benzene rings is 3. The van der Waals surface area contributed by atoms with Crippen LogP contribution < -0.4 is 9.80 Å². The van der Waals surface area contributed by atoms with Gasteiger partial charge in [-0.05, 0) is 73.3 Å². The number of aliphatic hydroxyl groups excluding tert-OH is 1. The molecule has 0 spiro atoms. The predicted octanol–water partition coefficient (Wildman–Crippen LogP) is 4.42. The fourth-order valence-electron chi connectivity index (χ4n) is 4.72. The van der Waals surface area contributed by atoms with Gasteiger partial charge in [0.05, 0.1) is 11.6 Å². The highest BCUT2D eigenvalue weighted by molar-refractivity contribution is 6.51. The van der Waals surface area contributed by atoms with E-state index in [1.165, 1.54) is 17.0 Å². The number of aliphatic hydroxyl groups is 1. The monoisotopic (exact) mass is 503 g/mol. The van der Waals surface area contributed by atoms with Gasteiger partial charge in [0, 0.05) is 48.1 Å². The van der Waals surface area contributed by atoms with Crippen LogP contribution in [0.5, 0.6) is 5.75 Å². The van der Waals surface area contributed by atoms with Gasteiger partial charge in [-0.15, -0.1) is 0 Å². The van der Waals surface area contributed by atoms with Crippen LogP contribution >= 0.6 is 11.6 Å². The number of aromatic hydroxyl groups is 1. The summed E-state index contributed by atoms with van der Waals surface area (Å²) >= 11 is 5.99. The van der Waals surface area contributed by atoms with Crippen LogP contribution in [0.4, 0.5) is 11.4 Å². The van der Waals surface area contributed by atoms with Crippen molar-refractivity contribution >= 4 is 40.4 Å². The average molecular weight is 504 g/mol. The predicted molar refractivity (Wildman–Crippen MR) is 140 cm³/mol. The van der Waals surface area contributed by atoms with Crippen molar-refractivity contribution in [2.75, 3.05) is 43.0 Å². The normalized spacial score (nSPS) is 20.2. The highest BCUT2D eigenvalue weighted by Gasteiger charge is 2.47. The molecule has 5 rings (SSSR count). The van der Waals surface area contributed by atoms with Crippen molar-refractivity contribution in [1.29, 1.82) is 0 Å². The van der Waals surface area contributed by atoms with Gasteiger partial charge < -0.3 is 20.0 Å². The number of halogens is 1. The molecule has 36 heavy (non-hydrogen) atoms. The third kappa shape index (κ3) is 4.43. The summed E-state index contributed by atoms with van der Waals surface area (Å²) < 4.78 is 0. The van der Waals surface area contributed by atoms with Crippen molar-refractivity contribution in [3.05, 3.63) is 94.5 Å². The second-order valence-electron chi connectivity index (χ2n) is 9.07. The van der Waals surface area contributed by atoms with E-state index < -0.39 is 17.7 Å². The Kier molecular flexibility index (Phi) is 6.43. The van der Waals surface area contributed by atoms with Crippen LogP contribution in [0, 0.1) is 0 Å². The standard InChI is InChI=1S/C28H26ClN3O4/c1-30-14-16-31(17-15-30)21-8-10-22(11-9-21)32-25(18-4-12-23(33)13-5-18)24(27(35)28(32)36)26(34)19-2-6-20(29)7-3-19/h2-13,25,33-34H,14-17H2,1H3/b26-24+. The molecule has 2 N–H and O–H groups in total. The Morgan fingerprint density at radius 1 is 0.833 bits per heavy atom. The second-order valence-corrected chi connectivity index (χ2v) is 9.51. The van der Waals surface area contributed by atoms with Crippen molar-refractivity contribution in [3.8, 4) is 5.75 Å². The molecule has 1 unspecified atom stereocenters. The minimum Gasteiger partial charge on any atom is -0.508 e. The molecule has 184 valence electrons. The van der Waals surface area contributed by atoms with Gasteiger partial charge in [0.25, 0.3) is 11.7 Å². The lowest BCUT2D eigenvalue weighted by Crippen LogP contribution is -2.44. The van der Waals surface area contributed by atoms with Crippen molar-refractivity contribution in [2.24, 2.45) is 0 Å². The lowest BCUT2D eigenvalue weighted by molar-refractivity contribution is -0.132. The van der Waals surface area contributed by atoms with Crippen LogP contribution in [-0.4, -0.2) is 60.0 Å². The van der Waals surface area contributed by atoms with Crippen LogP contribution in [0.3, 0.4) is 0 Å². The molecular weight excluding hydrogens is 478 g/mol. The molecule has 2 heterocycles. The molecule has 3 aromatic carbocycles. The zero-order chi connectivity index (χ0) is 25.4. The number of carbonyl (C=O) groups excluding carboxylic acids is 2. The summed E-state index contributed by atoms with van der Waals surface area (Å²) in [5, 5.41) is 21.5. The SMILES string of the molecule is CN1CCN(c2ccc(N3C(=O)C(=O)/C(=C(/O)c4ccc(Cl)cc4)C3c3ccc(O)cc3)cc2)CC1. The fourth-order valence-corrected chi connectivity index (χ4v) is 4.85. The smallest absolute Gasteiger partial charge is 0.300 e. The van der Waals surface area contributed by atoms with Crippen LogP contribution in [0.25, 0.3) is 5.76 Å². The van der Waals surface area contributed by atoms with E-state index >= 15 is 0 Å². The van der Waals surface area contributed by atoms with Gasteiger partial charge in [-0.2, -0.15) is 0 Å². The summed E-state index contributed by atoms with van der Waals surface area (Å²) in [6.45, 7) is 3.77. The molecule has 2 aliphatic rings. The van der Waals surface area contributed by atoms with Gasteiger partial charge in [-0.25, -0.2) is 0 Å². The van der Waals surface area contributed by atoms with Crippen molar-refractivity contribution in [1.82, 2.24) is 4.90 Å². The number of Topliss-reactive ketones (excluding diaryl/α,β-unsaturated/α-hetero) is 1. The van der Waals surface area contributed by atoms with Crippen LogP contribution in [0.1, 0.15) is 17.2 Å². The highest BCUT2D eigenvalue weighted by Crippen LogP contribution is 2.42. The fraction of sp³-hybridized carbons (Fsp3) is 0.214. The number of phenols is 1. The number of ketones is 1. The minimum absolute atomic E-state index is 0.0174. The molecular formula is C28H26ClN3O4. The maximum Gasteiger partial charge on any atom is 0.300 e. The molecule has 0 saturated carbocycles. The molecule has 1 atom stereocenters. The number of hydrogen-bond acceptors (Lipinski definition) is 6. The lowest BCUT2D eigenvalue weighted by Gasteiger charge is -2.34. The Hall–Kier alpha value is -3.81. The minimum atomic E-state index is -0.865. The van der Waals surface area contributed by atoms with E-state index in [-0.39, 0.29) is 17.1 Å². The van der Waals surface area contributed by atoms with E-state index in [2.05, 4.69) is 16.8 Å². The number of carbonyl (C=O) groups is 2. The van der Waals surface area contributed by atoms with Crippen LogP contribution in [0.2, 0.25) is 5.02 Å². The van der Waals surface area contributed by atoms with Crippen molar-refractivity contribution < 1.29 is 19.8 Å². The highest BCUT2D eigenvalue weighted by atomic mass is 35.5. The maximum absolute atomic E-state index is 13.3. The first-order chi connectivity index (χ1) is 17.3. The van der Waals surface area contributed by atoms with E-state index in [1.807, 2.05) is 24.3 Å². The molecule has 0 aromatic heterocycles. The Balaban J connectivity index is 1.57. The Bertz CT molecular complexity index is 1310. The van der Waals surface area contributed by atoms with E-state index in [0.29, 0.717) is 21.8 Å². The third-order valence-corrected chi connectivity index (χ3v) is 7.02. The first kappa shape index (κ1) is 23.9. The Labute approximate surface area is 214 Å². The summed E-state index contributed by atoms with van der Waals surface area (Å²) in [5.41, 5.74) is 2.54. The Morgan fingerprint density at radius 3 is 2.03 bits per heavy atom. The van der Waals surface area contributed by atoms with E-state index in [9.17, 15) is 19.8 Å². The maximum atomic E-state index is 13.3. The Morgan fingerprint density at radius 2 is 1.42 bits per heavy atom. The molecule has 2 saturated heterocycles. The van der Waals surface area contributed by atoms with E-state index in [1.54, 1.807) is 36.4 Å². The molecule has 0 bridgehead atoms. The van der Waals surface area contributed by atoms with Gasteiger partial charge in [0.2, 0.25) is 0 Å². The quantitative estimate of drug-likeness (QED) is 0.311. The number of hydrogen-bond donors (Lipinski definition) is 2. The van der Waals surface area contributed by atoms with E-state index in [4.69, 9.17) is 11.6 Å². The summed E-state index contributed by atoms with van der Waals surface area (Å²) in [6, 6.07) is 19.4. The summed E-state index contributed by atoms with van der Waals surface area (Å²) in [5.74, 6) is -1.72. The van der Waals surface area contributed by atoms with E-state index in [0.717, 1.165) is 31.9 Å². The number of likely N-dealkylation sites (N-methyl/N-ethyl adjacent to an activating group) is 1. The van der Waals surface area contributed by atoms with Crippen molar-refractivity contribution in [3.63, 3.8) is 0 Å². The van der Waals surface area contributed by atoms with Gasteiger partial charge in [-0.3, -0.25) is 14.5 Å². The van der Waals surface area contributed by atoms with Gasteiger partial charge in [-0.1, -0.05) is 23.7 Å².